The van der Waals surface area contributed by atoms with E-state index in [9.17, 15) is 4.39 Å². The smallest absolute Gasteiger partial charge is 0.126 e. The van der Waals surface area contributed by atoms with Gasteiger partial charge in [0.05, 0.1) is 0 Å². The molecule has 0 bridgehead atoms. The molecule has 0 atom stereocenters. The molecule has 2 heteroatoms. The fourth-order valence-electron chi connectivity index (χ4n) is 1.55. The molecule has 1 N–H and O–H groups in total. The van der Waals surface area contributed by atoms with Crippen LogP contribution in [0.3, 0.4) is 0 Å². The molecule has 17 heavy (non-hydrogen) atoms. The van der Waals surface area contributed by atoms with Crippen molar-refractivity contribution >= 4 is 0 Å². The molecule has 1 aromatic rings. The molecule has 0 saturated carbocycles. The summed E-state index contributed by atoms with van der Waals surface area (Å²) < 4.78 is 13.1. The molecule has 0 radical (unpaired) electrons. The highest BCUT2D eigenvalue weighted by Crippen LogP contribution is 2.24. The van der Waals surface area contributed by atoms with E-state index < -0.39 is 0 Å². The number of nitrogens with one attached hydrogen (secondary N) is 1. The Morgan fingerprint density at radius 1 is 1.29 bits per heavy atom. The second-order valence-corrected chi connectivity index (χ2v) is 5.83. The minimum atomic E-state index is -0.128. The van der Waals surface area contributed by atoms with E-state index in [1.165, 1.54) is 0 Å². The van der Waals surface area contributed by atoms with Crippen LogP contribution in [0.1, 0.15) is 38.8 Å². The van der Waals surface area contributed by atoms with Gasteiger partial charge in [0, 0.05) is 13.1 Å². The van der Waals surface area contributed by atoms with E-state index in [4.69, 9.17) is 0 Å². The third kappa shape index (κ3) is 4.12. The average molecular weight is 237 g/mol. The predicted octanol–water partition coefficient (Wildman–Crippen LogP) is 3.91. The Hall–Kier alpha value is -0.890. The van der Waals surface area contributed by atoms with E-state index >= 15 is 0 Å². The molecule has 96 valence electrons. The van der Waals surface area contributed by atoms with Crippen LogP contribution in [0.2, 0.25) is 0 Å². The summed E-state index contributed by atoms with van der Waals surface area (Å²) in [4.78, 5) is 0. The van der Waals surface area contributed by atoms with E-state index in [0.29, 0.717) is 11.5 Å². The Kier molecular flexibility index (Phi) is 4.70. The van der Waals surface area contributed by atoms with Crippen molar-refractivity contribution in [3.8, 4) is 0 Å². The third-order valence-corrected chi connectivity index (χ3v) is 3.70. The number of hydrogen-bond donors (Lipinski definition) is 1. The molecular weight excluding hydrogens is 213 g/mol. The Morgan fingerprint density at radius 2 is 1.94 bits per heavy atom. The minimum absolute atomic E-state index is 0.128. The van der Waals surface area contributed by atoms with Crippen molar-refractivity contribution in [3.05, 3.63) is 35.1 Å². The first kappa shape index (κ1) is 14.2. The lowest BCUT2D eigenvalue weighted by molar-refractivity contribution is 0.238. The fraction of sp³-hybridized carbons (Fsp3) is 0.600. The van der Waals surface area contributed by atoms with Crippen molar-refractivity contribution in [3.63, 3.8) is 0 Å². The van der Waals surface area contributed by atoms with Crippen LogP contribution < -0.4 is 5.32 Å². The summed E-state index contributed by atoms with van der Waals surface area (Å²) in [6.45, 7) is 12.6. The standard InChI is InChI=1S/C15H24FN/c1-11(2)15(4,5)10-17-9-13-6-7-14(16)12(3)8-13/h6-8,11,17H,9-10H2,1-5H3. The molecule has 0 spiro atoms. The summed E-state index contributed by atoms with van der Waals surface area (Å²) in [6.07, 6.45) is 0. The quantitative estimate of drug-likeness (QED) is 0.819. The van der Waals surface area contributed by atoms with Crippen molar-refractivity contribution in [1.29, 1.82) is 0 Å². The van der Waals surface area contributed by atoms with Gasteiger partial charge in [-0.15, -0.1) is 0 Å². The molecule has 0 unspecified atom stereocenters. The number of aryl methyl sites for hydroxylation is 1. The second kappa shape index (κ2) is 5.63. The van der Waals surface area contributed by atoms with Crippen molar-refractivity contribution in [2.24, 2.45) is 11.3 Å². The monoisotopic (exact) mass is 237 g/mol. The zero-order valence-corrected chi connectivity index (χ0v) is 11.6. The first-order valence-electron chi connectivity index (χ1n) is 6.28. The lowest BCUT2D eigenvalue weighted by atomic mass is 9.81. The Balaban J connectivity index is 2.49. The molecule has 0 amide bonds. The topological polar surface area (TPSA) is 12.0 Å². The predicted molar refractivity (Wildman–Crippen MR) is 71.5 cm³/mol. The van der Waals surface area contributed by atoms with Crippen LogP contribution in [0.15, 0.2) is 18.2 Å². The lowest BCUT2D eigenvalue weighted by Gasteiger charge is -2.29. The number of rotatable bonds is 5. The molecule has 1 aromatic carbocycles. The van der Waals surface area contributed by atoms with Gasteiger partial charge < -0.3 is 5.32 Å². The summed E-state index contributed by atoms with van der Waals surface area (Å²) in [5.74, 6) is 0.515. The van der Waals surface area contributed by atoms with Gasteiger partial charge in [-0.05, 0) is 35.4 Å². The summed E-state index contributed by atoms with van der Waals surface area (Å²) in [6, 6.07) is 5.29. The van der Waals surface area contributed by atoms with Crippen LogP contribution in [0.4, 0.5) is 4.39 Å². The molecule has 0 aliphatic carbocycles. The van der Waals surface area contributed by atoms with Crippen LogP contribution in [-0.4, -0.2) is 6.54 Å². The fourth-order valence-corrected chi connectivity index (χ4v) is 1.55. The molecule has 0 heterocycles. The van der Waals surface area contributed by atoms with Gasteiger partial charge in [-0.1, -0.05) is 39.8 Å². The summed E-state index contributed by atoms with van der Waals surface area (Å²) in [5.41, 5.74) is 2.14. The first-order chi connectivity index (χ1) is 7.83. The van der Waals surface area contributed by atoms with Gasteiger partial charge in [0.25, 0.3) is 0 Å². The van der Waals surface area contributed by atoms with Gasteiger partial charge in [-0.25, -0.2) is 4.39 Å². The van der Waals surface area contributed by atoms with Crippen LogP contribution in [0, 0.1) is 24.1 Å². The highest BCUT2D eigenvalue weighted by atomic mass is 19.1. The maximum atomic E-state index is 13.1. The average Bonchev–Trinajstić information content (AvgIpc) is 2.23. The van der Waals surface area contributed by atoms with Crippen LogP contribution in [0.5, 0.6) is 0 Å². The minimum Gasteiger partial charge on any atom is -0.312 e. The molecule has 0 aromatic heterocycles. The maximum absolute atomic E-state index is 13.1. The van der Waals surface area contributed by atoms with Crippen LogP contribution >= 0.6 is 0 Å². The van der Waals surface area contributed by atoms with Gasteiger partial charge in [-0.2, -0.15) is 0 Å². The first-order valence-corrected chi connectivity index (χ1v) is 6.28. The van der Waals surface area contributed by atoms with E-state index in [0.717, 1.165) is 18.7 Å². The SMILES string of the molecule is Cc1cc(CNCC(C)(C)C(C)C)ccc1F. The zero-order chi connectivity index (χ0) is 13.1. The molecule has 0 saturated heterocycles. The van der Waals surface area contributed by atoms with Crippen molar-refractivity contribution < 1.29 is 4.39 Å². The van der Waals surface area contributed by atoms with E-state index in [1.807, 2.05) is 12.1 Å². The Bertz CT molecular complexity index is 369. The molecule has 1 rings (SSSR count). The molecule has 0 fully saturated rings. The number of halogens is 1. The summed E-state index contributed by atoms with van der Waals surface area (Å²) >= 11 is 0. The molecule has 1 nitrogen and oxygen atoms in total. The second-order valence-electron chi connectivity index (χ2n) is 5.83. The summed E-state index contributed by atoms with van der Waals surface area (Å²) in [7, 11) is 0. The molecule has 0 aliphatic rings. The van der Waals surface area contributed by atoms with Crippen molar-refractivity contribution in [2.45, 2.75) is 41.2 Å². The molecular formula is C15H24FN. The van der Waals surface area contributed by atoms with E-state index in [1.54, 1.807) is 13.0 Å². The zero-order valence-electron chi connectivity index (χ0n) is 11.6. The largest absolute Gasteiger partial charge is 0.312 e. The van der Waals surface area contributed by atoms with Crippen LogP contribution in [-0.2, 0) is 6.54 Å². The Labute approximate surface area is 104 Å². The highest BCUT2D eigenvalue weighted by molar-refractivity contribution is 5.23. The normalized spacial score (nSPS) is 12.2. The van der Waals surface area contributed by atoms with Gasteiger partial charge >= 0.3 is 0 Å². The van der Waals surface area contributed by atoms with Gasteiger partial charge in [0.2, 0.25) is 0 Å². The van der Waals surface area contributed by atoms with Crippen molar-refractivity contribution in [1.82, 2.24) is 5.32 Å². The Morgan fingerprint density at radius 3 is 2.47 bits per heavy atom. The summed E-state index contributed by atoms with van der Waals surface area (Å²) in [5, 5.41) is 3.45. The van der Waals surface area contributed by atoms with Gasteiger partial charge in [-0.3, -0.25) is 0 Å². The van der Waals surface area contributed by atoms with Gasteiger partial charge in [0.15, 0.2) is 0 Å². The van der Waals surface area contributed by atoms with E-state index in [-0.39, 0.29) is 11.2 Å². The number of hydrogen-bond acceptors (Lipinski definition) is 1. The third-order valence-electron chi connectivity index (χ3n) is 3.70. The lowest BCUT2D eigenvalue weighted by Crippen LogP contribution is -2.33. The van der Waals surface area contributed by atoms with Crippen molar-refractivity contribution in [2.75, 3.05) is 6.54 Å². The van der Waals surface area contributed by atoms with Gasteiger partial charge in [0.1, 0.15) is 5.82 Å². The number of benzene rings is 1. The van der Waals surface area contributed by atoms with E-state index in [2.05, 4.69) is 33.0 Å². The maximum Gasteiger partial charge on any atom is 0.126 e. The highest BCUT2D eigenvalue weighted by Gasteiger charge is 2.21. The van der Waals surface area contributed by atoms with Crippen LogP contribution in [0.25, 0.3) is 0 Å². The molecule has 0 aliphatic heterocycles.